The Morgan fingerprint density at radius 2 is 1.21 bits per heavy atom. The van der Waals surface area contributed by atoms with E-state index in [0.29, 0.717) is 0 Å². The lowest BCUT2D eigenvalue weighted by Crippen LogP contribution is -2.32. The lowest BCUT2D eigenvalue weighted by atomic mass is 10.2. The lowest BCUT2D eigenvalue weighted by molar-refractivity contribution is -0.148. The molecule has 0 rings (SSSR count). The summed E-state index contributed by atoms with van der Waals surface area (Å²) in [6.07, 6.45) is -0.569. The fraction of sp³-hybridized carbons (Fsp3) is 0.667. The monoisotopic (exact) mass is 336 g/mol. The van der Waals surface area contributed by atoms with Gasteiger partial charge in [0.05, 0.1) is 4.32 Å². The first-order chi connectivity index (χ1) is 8.62. The molecule has 0 saturated carbocycles. The van der Waals surface area contributed by atoms with Crippen molar-refractivity contribution in [3.05, 3.63) is 0 Å². The number of carbonyl (C=O) groups excluding carboxylic acids is 4. The van der Waals surface area contributed by atoms with Gasteiger partial charge in [-0.05, 0) is 20.8 Å². The Bertz CT molecular complexity index is 340. The van der Waals surface area contributed by atoms with E-state index in [1.165, 1.54) is 13.8 Å². The molecule has 0 aromatic rings. The molecule has 0 bridgehead atoms. The van der Waals surface area contributed by atoms with Crippen molar-refractivity contribution in [2.45, 2.75) is 37.9 Å². The summed E-state index contributed by atoms with van der Waals surface area (Å²) < 4.78 is 8.97. The van der Waals surface area contributed by atoms with Crippen LogP contribution in [0.25, 0.3) is 0 Å². The smallest absolute Gasteiger partial charge is 0.313 e. The number of hydrogen-bond acceptors (Lipinski definition) is 6. The molecule has 0 radical (unpaired) electrons. The average molecular weight is 337 g/mol. The second kappa shape index (κ2) is 8.04. The van der Waals surface area contributed by atoms with E-state index in [9.17, 15) is 19.2 Å². The van der Waals surface area contributed by atoms with E-state index in [1.807, 2.05) is 0 Å². The summed E-state index contributed by atoms with van der Waals surface area (Å²) >= 11 is 3.25. The lowest BCUT2D eigenvalue weighted by Gasteiger charge is -2.21. The van der Waals surface area contributed by atoms with Gasteiger partial charge in [-0.3, -0.25) is 19.2 Å². The van der Waals surface area contributed by atoms with Crippen LogP contribution in [-0.4, -0.2) is 41.0 Å². The van der Waals surface area contributed by atoms with E-state index < -0.39 is 16.3 Å². The summed E-state index contributed by atoms with van der Waals surface area (Å²) in [5.41, 5.74) is 0. The molecule has 0 aromatic heterocycles. The second-order valence-corrected chi connectivity index (χ2v) is 6.41. The van der Waals surface area contributed by atoms with Crippen LogP contribution in [0.3, 0.4) is 0 Å². The second-order valence-electron chi connectivity index (χ2n) is 4.49. The number of hydrogen-bond donors (Lipinski definition) is 0. The van der Waals surface area contributed by atoms with Crippen LogP contribution >= 0.6 is 15.9 Å². The van der Waals surface area contributed by atoms with Gasteiger partial charge in [0, 0.05) is 0 Å². The molecular weight excluding hydrogens is 320 g/mol. The van der Waals surface area contributed by atoms with Crippen molar-refractivity contribution in [1.82, 2.24) is 0 Å². The van der Waals surface area contributed by atoms with E-state index in [2.05, 4.69) is 15.9 Å². The van der Waals surface area contributed by atoms with Gasteiger partial charge >= 0.3 is 11.9 Å². The zero-order valence-corrected chi connectivity index (χ0v) is 12.7. The maximum absolute atomic E-state index is 11.2. The van der Waals surface area contributed by atoms with Crippen LogP contribution in [0.15, 0.2) is 0 Å². The van der Waals surface area contributed by atoms with Crippen LogP contribution in [0.5, 0.6) is 0 Å². The summed E-state index contributed by atoms with van der Waals surface area (Å²) in [6.45, 7) is 4.14. The van der Waals surface area contributed by atoms with E-state index in [4.69, 9.17) is 9.47 Å². The van der Waals surface area contributed by atoms with Crippen molar-refractivity contribution in [2.75, 3.05) is 13.2 Å². The van der Waals surface area contributed by atoms with Gasteiger partial charge in [-0.2, -0.15) is 0 Å². The number of esters is 2. The summed E-state index contributed by atoms with van der Waals surface area (Å²) in [7, 11) is 0. The molecule has 7 heteroatoms. The molecule has 6 nitrogen and oxygen atoms in total. The van der Waals surface area contributed by atoms with Crippen LogP contribution in [0.1, 0.15) is 33.6 Å². The molecule has 0 aliphatic rings. The fourth-order valence-electron chi connectivity index (χ4n) is 1.01. The Kier molecular flexibility index (Phi) is 7.51. The number of halogens is 1. The molecule has 0 unspecified atom stereocenters. The van der Waals surface area contributed by atoms with Gasteiger partial charge in [0.25, 0.3) is 0 Å². The number of ketones is 2. The molecule has 0 aliphatic carbocycles. The largest absolute Gasteiger partial charge is 0.464 e. The highest BCUT2D eigenvalue weighted by molar-refractivity contribution is 9.10. The molecule has 0 N–H and O–H groups in total. The Hall–Kier alpha value is -1.24. The summed E-state index contributed by atoms with van der Waals surface area (Å²) in [6, 6.07) is 0. The maximum atomic E-state index is 11.2. The van der Waals surface area contributed by atoms with Gasteiger partial charge in [-0.15, -0.1) is 0 Å². The van der Waals surface area contributed by atoms with Crippen LogP contribution in [0.4, 0.5) is 0 Å². The van der Waals surface area contributed by atoms with Crippen LogP contribution in [-0.2, 0) is 28.7 Å². The van der Waals surface area contributed by atoms with Gasteiger partial charge < -0.3 is 9.47 Å². The highest BCUT2D eigenvalue weighted by Crippen LogP contribution is 2.18. The Morgan fingerprint density at radius 3 is 1.47 bits per heavy atom. The number of alkyl halides is 1. The molecule has 0 amide bonds. The normalized spacial score (nSPS) is 10.7. The number of rotatable bonds is 8. The van der Waals surface area contributed by atoms with Gasteiger partial charge in [0.2, 0.25) is 0 Å². The molecule has 108 valence electrons. The molecule has 0 atom stereocenters. The molecule has 0 heterocycles. The molecule has 0 fully saturated rings. The number of Topliss-reactive ketones (excluding diaryl/α,β-unsaturated/α-hetero) is 2. The van der Waals surface area contributed by atoms with Crippen molar-refractivity contribution in [2.24, 2.45) is 0 Å². The summed E-state index contributed by atoms with van der Waals surface area (Å²) in [5, 5.41) is 0. The zero-order chi connectivity index (χ0) is 15.1. The minimum absolute atomic E-state index is 0.0491. The van der Waals surface area contributed by atoms with Crippen LogP contribution in [0.2, 0.25) is 0 Å². The molecule has 0 aromatic carbocycles. The third kappa shape index (κ3) is 10.4. The Balaban J connectivity index is 4.04. The van der Waals surface area contributed by atoms with Crippen molar-refractivity contribution in [3.63, 3.8) is 0 Å². The van der Waals surface area contributed by atoms with E-state index in [-0.39, 0.29) is 37.6 Å². The van der Waals surface area contributed by atoms with Crippen molar-refractivity contribution in [3.8, 4) is 0 Å². The first-order valence-electron chi connectivity index (χ1n) is 5.61. The van der Waals surface area contributed by atoms with Gasteiger partial charge in [-0.1, -0.05) is 15.9 Å². The molecule has 0 spiro atoms. The van der Waals surface area contributed by atoms with E-state index in [1.54, 1.807) is 6.92 Å². The van der Waals surface area contributed by atoms with Crippen molar-refractivity contribution >= 4 is 39.4 Å². The Morgan fingerprint density at radius 1 is 0.895 bits per heavy atom. The molecule has 0 saturated heterocycles. The molecule has 19 heavy (non-hydrogen) atoms. The van der Waals surface area contributed by atoms with Gasteiger partial charge in [0.15, 0.2) is 0 Å². The fourth-order valence-corrected chi connectivity index (χ4v) is 1.24. The van der Waals surface area contributed by atoms with Gasteiger partial charge in [0.1, 0.15) is 37.6 Å². The SMILES string of the molecule is CC(=O)CC(=O)OCC(C)(Br)COC(=O)CC(C)=O. The van der Waals surface area contributed by atoms with Gasteiger partial charge in [-0.25, -0.2) is 0 Å². The average Bonchev–Trinajstić information content (AvgIpc) is 2.22. The first kappa shape index (κ1) is 17.8. The van der Waals surface area contributed by atoms with Crippen molar-refractivity contribution < 1.29 is 28.7 Å². The third-order valence-electron chi connectivity index (χ3n) is 1.85. The molecular formula is C12H17BrO6. The number of ether oxygens (including phenoxy) is 2. The van der Waals surface area contributed by atoms with E-state index in [0.717, 1.165) is 0 Å². The standard InChI is InChI=1S/C12H17BrO6/c1-8(14)4-10(16)18-6-12(3,13)7-19-11(17)5-9(2)15/h4-7H2,1-3H3. The predicted octanol–water partition coefficient (Wildman–Crippen LogP) is 1.18. The van der Waals surface area contributed by atoms with Crippen LogP contribution in [0, 0.1) is 0 Å². The van der Waals surface area contributed by atoms with Crippen molar-refractivity contribution in [1.29, 1.82) is 0 Å². The maximum Gasteiger partial charge on any atom is 0.313 e. The third-order valence-corrected chi connectivity index (χ3v) is 2.31. The highest BCUT2D eigenvalue weighted by Gasteiger charge is 2.25. The van der Waals surface area contributed by atoms with E-state index >= 15 is 0 Å². The highest BCUT2D eigenvalue weighted by atomic mass is 79.9. The molecule has 0 aliphatic heterocycles. The minimum Gasteiger partial charge on any atom is -0.464 e. The summed E-state index contributed by atoms with van der Waals surface area (Å²) in [4.78, 5) is 43.7. The zero-order valence-electron chi connectivity index (χ0n) is 11.2. The van der Waals surface area contributed by atoms with Crippen LogP contribution < -0.4 is 0 Å². The topological polar surface area (TPSA) is 86.7 Å². The number of carbonyl (C=O) groups is 4. The Labute approximate surface area is 119 Å². The summed E-state index contributed by atoms with van der Waals surface area (Å²) in [5.74, 6) is -1.83. The predicted molar refractivity (Wildman–Crippen MR) is 69.8 cm³/mol. The quantitative estimate of drug-likeness (QED) is 0.376. The first-order valence-corrected chi connectivity index (χ1v) is 6.41. The minimum atomic E-state index is -0.758.